The molecule has 38 heavy (non-hydrogen) atoms. The lowest BCUT2D eigenvalue weighted by Gasteiger charge is -2.13. The van der Waals surface area contributed by atoms with Gasteiger partial charge < -0.3 is 19.8 Å². The standard InChI is InChI=1S/C14H11F3N2O4.C7H7ClN2O4S/c1-22-11-7-8(18-12(20)10-3-2-6-23-10)4-5-9(11)19-13(21)14(15,16)17;1-15(13,14)9-7-3-2-5(10(11)12)4-6(7)8/h2-7H,1H3,(H,18,20)(H,19,21);2-4,9H,1H3. The summed E-state index contributed by atoms with van der Waals surface area (Å²) < 4.78 is 70.5. The molecule has 3 rings (SSSR count). The van der Waals surface area contributed by atoms with E-state index in [2.05, 4.69) is 10.0 Å². The van der Waals surface area contributed by atoms with Gasteiger partial charge in [0, 0.05) is 23.9 Å². The van der Waals surface area contributed by atoms with Crippen LogP contribution in [0.1, 0.15) is 10.6 Å². The Morgan fingerprint density at radius 2 is 1.74 bits per heavy atom. The lowest BCUT2D eigenvalue weighted by Crippen LogP contribution is -2.30. The van der Waals surface area contributed by atoms with Crippen molar-refractivity contribution in [3.8, 4) is 5.75 Å². The fraction of sp³-hybridized carbons (Fsp3) is 0.143. The van der Waals surface area contributed by atoms with Crippen LogP contribution in [0.25, 0.3) is 0 Å². The van der Waals surface area contributed by atoms with Crippen molar-refractivity contribution in [2.45, 2.75) is 6.18 Å². The molecule has 12 nitrogen and oxygen atoms in total. The molecule has 3 aromatic rings. The van der Waals surface area contributed by atoms with Crippen molar-refractivity contribution in [2.24, 2.45) is 0 Å². The number of anilines is 3. The summed E-state index contributed by atoms with van der Waals surface area (Å²) in [6, 6.07) is 10.2. The van der Waals surface area contributed by atoms with Crippen LogP contribution >= 0.6 is 11.6 Å². The third-order valence-corrected chi connectivity index (χ3v) is 5.07. The number of carbonyl (C=O) groups is 2. The highest BCUT2D eigenvalue weighted by atomic mass is 35.5. The van der Waals surface area contributed by atoms with Crippen LogP contribution in [0.2, 0.25) is 5.02 Å². The number of furan rings is 1. The average Bonchev–Trinajstić information content (AvgIpc) is 3.35. The molecule has 17 heteroatoms. The van der Waals surface area contributed by atoms with Gasteiger partial charge in [-0.25, -0.2) is 8.42 Å². The van der Waals surface area contributed by atoms with E-state index in [4.69, 9.17) is 20.8 Å². The Bertz CT molecular complexity index is 1430. The summed E-state index contributed by atoms with van der Waals surface area (Å²) in [5.41, 5.74) is 0.00268. The number of methoxy groups -OCH3 is 1. The van der Waals surface area contributed by atoms with Gasteiger partial charge in [0.15, 0.2) is 5.76 Å². The number of amides is 2. The number of nitro benzene ring substituents is 1. The highest BCUT2D eigenvalue weighted by molar-refractivity contribution is 7.92. The van der Waals surface area contributed by atoms with Gasteiger partial charge in [-0.1, -0.05) is 11.6 Å². The predicted molar refractivity (Wildman–Crippen MR) is 131 cm³/mol. The molecule has 0 aliphatic rings. The number of carbonyl (C=O) groups excluding carboxylic acids is 2. The number of nitrogens with zero attached hydrogens (tertiary/aromatic N) is 1. The maximum Gasteiger partial charge on any atom is 0.471 e. The first-order valence-electron chi connectivity index (χ1n) is 9.93. The minimum atomic E-state index is -5.02. The maximum atomic E-state index is 12.3. The topological polar surface area (TPSA) is 170 Å². The number of hydrogen-bond donors (Lipinski definition) is 3. The predicted octanol–water partition coefficient (Wildman–Crippen LogP) is 4.66. The van der Waals surface area contributed by atoms with E-state index in [-0.39, 0.29) is 39.3 Å². The van der Waals surface area contributed by atoms with Crippen molar-refractivity contribution in [3.05, 3.63) is 75.7 Å². The fourth-order valence-corrected chi connectivity index (χ4v) is 3.42. The summed E-state index contributed by atoms with van der Waals surface area (Å²) in [4.78, 5) is 32.5. The average molecular weight is 579 g/mol. The molecule has 0 atom stereocenters. The van der Waals surface area contributed by atoms with Gasteiger partial charge in [-0.2, -0.15) is 13.2 Å². The number of hydrogen-bond acceptors (Lipinski definition) is 8. The van der Waals surface area contributed by atoms with Gasteiger partial charge in [-0.15, -0.1) is 0 Å². The molecule has 3 N–H and O–H groups in total. The first-order valence-corrected chi connectivity index (χ1v) is 12.2. The Kier molecular flexibility index (Phi) is 9.67. The van der Waals surface area contributed by atoms with Crippen molar-refractivity contribution in [2.75, 3.05) is 28.7 Å². The zero-order valence-corrected chi connectivity index (χ0v) is 20.9. The molecule has 0 saturated heterocycles. The summed E-state index contributed by atoms with van der Waals surface area (Å²) in [5.74, 6) is -2.63. The van der Waals surface area contributed by atoms with Crippen LogP contribution in [0.15, 0.2) is 59.2 Å². The van der Waals surface area contributed by atoms with Crippen molar-refractivity contribution in [1.29, 1.82) is 0 Å². The smallest absolute Gasteiger partial charge is 0.471 e. The molecule has 1 heterocycles. The largest absolute Gasteiger partial charge is 0.494 e. The highest BCUT2D eigenvalue weighted by Crippen LogP contribution is 2.30. The Morgan fingerprint density at radius 3 is 2.24 bits per heavy atom. The number of sulfonamides is 1. The Balaban J connectivity index is 0.000000293. The highest BCUT2D eigenvalue weighted by Gasteiger charge is 2.39. The lowest BCUT2D eigenvalue weighted by atomic mass is 10.2. The van der Waals surface area contributed by atoms with E-state index in [1.54, 1.807) is 5.32 Å². The van der Waals surface area contributed by atoms with Gasteiger partial charge in [0.1, 0.15) is 5.75 Å². The van der Waals surface area contributed by atoms with Crippen molar-refractivity contribution in [3.63, 3.8) is 0 Å². The molecule has 0 spiro atoms. The SMILES string of the molecule is COc1cc(NC(=O)c2ccco2)ccc1NC(=O)C(F)(F)F.CS(=O)(=O)Nc1ccc([N+](=O)[O-])cc1Cl. The molecule has 2 amide bonds. The second-order valence-corrected chi connectivity index (χ2v) is 9.25. The maximum absolute atomic E-state index is 12.3. The van der Waals surface area contributed by atoms with E-state index in [9.17, 15) is 41.3 Å². The lowest BCUT2D eigenvalue weighted by molar-refractivity contribution is -0.384. The summed E-state index contributed by atoms with van der Waals surface area (Å²) in [6.45, 7) is 0. The Labute approximate surface area is 217 Å². The molecule has 0 fully saturated rings. The van der Waals surface area contributed by atoms with Crippen LogP contribution in [0.3, 0.4) is 0 Å². The number of rotatable bonds is 7. The van der Waals surface area contributed by atoms with E-state index in [1.807, 2.05) is 0 Å². The number of ether oxygens (including phenoxy) is 1. The zero-order valence-electron chi connectivity index (χ0n) is 19.3. The van der Waals surface area contributed by atoms with Crippen LogP contribution in [0.5, 0.6) is 5.75 Å². The number of alkyl halides is 3. The number of non-ortho nitro benzene ring substituents is 1. The number of nitro groups is 1. The minimum Gasteiger partial charge on any atom is -0.494 e. The van der Waals surface area contributed by atoms with Crippen molar-refractivity contribution < 1.29 is 45.3 Å². The first-order chi connectivity index (χ1) is 17.6. The number of nitrogens with one attached hydrogen (secondary N) is 3. The van der Waals surface area contributed by atoms with E-state index in [0.717, 1.165) is 12.3 Å². The van der Waals surface area contributed by atoms with E-state index >= 15 is 0 Å². The Hall–Kier alpha value is -4.31. The molecule has 2 aromatic carbocycles. The first kappa shape index (κ1) is 29.9. The number of benzene rings is 2. The zero-order chi connectivity index (χ0) is 28.7. The second-order valence-electron chi connectivity index (χ2n) is 7.09. The fourth-order valence-electron chi connectivity index (χ4n) is 2.57. The summed E-state index contributed by atoms with van der Waals surface area (Å²) >= 11 is 5.65. The summed E-state index contributed by atoms with van der Waals surface area (Å²) in [5, 5.41) is 14.5. The minimum absolute atomic E-state index is 0.0189. The van der Waals surface area contributed by atoms with Crippen LogP contribution in [0.4, 0.5) is 35.9 Å². The van der Waals surface area contributed by atoms with Crippen LogP contribution in [0, 0.1) is 10.1 Å². The third kappa shape index (κ3) is 8.97. The molecule has 0 radical (unpaired) electrons. The normalized spacial score (nSPS) is 11.0. The van der Waals surface area contributed by atoms with Gasteiger partial charge in [0.25, 0.3) is 11.6 Å². The van der Waals surface area contributed by atoms with E-state index < -0.39 is 32.9 Å². The number of halogens is 4. The van der Waals surface area contributed by atoms with Gasteiger partial charge in [-0.3, -0.25) is 24.4 Å². The van der Waals surface area contributed by atoms with Crippen LogP contribution in [-0.4, -0.2) is 44.7 Å². The van der Waals surface area contributed by atoms with Gasteiger partial charge in [0.2, 0.25) is 10.0 Å². The summed E-state index contributed by atoms with van der Waals surface area (Å²) in [7, 11) is -2.22. The molecule has 0 saturated carbocycles. The van der Waals surface area contributed by atoms with Gasteiger partial charge in [-0.05, 0) is 30.3 Å². The molecule has 204 valence electrons. The molecule has 0 aliphatic carbocycles. The molecule has 0 bridgehead atoms. The van der Waals surface area contributed by atoms with Crippen LogP contribution in [-0.2, 0) is 14.8 Å². The molecule has 0 unspecified atom stereocenters. The molecule has 1 aromatic heterocycles. The quantitative estimate of drug-likeness (QED) is 0.268. The second kappa shape index (κ2) is 12.3. The van der Waals surface area contributed by atoms with Gasteiger partial charge in [0.05, 0.1) is 40.9 Å². The molecular formula is C21H18ClF3N4O8S. The third-order valence-electron chi connectivity index (χ3n) is 4.17. The van der Waals surface area contributed by atoms with Crippen molar-refractivity contribution >= 4 is 56.2 Å². The summed E-state index contributed by atoms with van der Waals surface area (Å²) in [6.07, 6.45) is -2.73. The van der Waals surface area contributed by atoms with Crippen LogP contribution < -0.4 is 20.1 Å². The van der Waals surface area contributed by atoms with E-state index in [0.29, 0.717) is 0 Å². The van der Waals surface area contributed by atoms with Gasteiger partial charge >= 0.3 is 12.1 Å². The Morgan fingerprint density at radius 1 is 1.08 bits per heavy atom. The van der Waals surface area contributed by atoms with E-state index in [1.165, 1.54) is 55.8 Å². The molecule has 0 aliphatic heterocycles. The molecular weight excluding hydrogens is 561 g/mol. The van der Waals surface area contributed by atoms with Crippen molar-refractivity contribution in [1.82, 2.24) is 0 Å². The monoisotopic (exact) mass is 578 g/mol.